The standard InChI is InChI=1S/C20H21BrClNO6S/c1-29-10-15-3-2-6-23(15)20(26)16-9-14(22)7-12(19(16)25)11-30(27,28)18-8-13(21)4-5-17(18)24/h4-5,7-9,15,24-25H,2-3,6,10-11H2,1H3/t15-/m1/s1. The SMILES string of the molecule is COC[C@H]1CCCN1C(=O)c1cc(Cl)cc(CS(=O)(=O)c2cc(Br)ccc2O)c1O. The summed E-state index contributed by atoms with van der Waals surface area (Å²) in [7, 11) is -2.48. The van der Waals surface area contributed by atoms with Crippen molar-refractivity contribution in [2.75, 3.05) is 20.3 Å². The van der Waals surface area contributed by atoms with Crippen LogP contribution in [0.1, 0.15) is 28.8 Å². The zero-order chi connectivity index (χ0) is 22.1. The van der Waals surface area contributed by atoms with E-state index < -0.39 is 33.0 Å². The average Bonchev–Trinajstić information content (AvgIpc) is 3.14. The molecule has 1 aliphatic heterocycles. The molecule has 1 aliphatic rings. The Morgan fingerprint density at radius 3 is 2.73 bits per heavy atom. The third-order valence-electron chi connectivity index (χ3n) is 4.98. The smallest absolute Gasteiger partial charge is 0.258 e. The van der Waals surface area contributed by atoms with Gasteiger partial charge in [-0.15, -0.1) is 0 Å². The van der Waals surface area contributed by atoms with Crippen molar-refractivity contribution in [3.05, 3.63) is 51.0 Å². The first-order valence-electron chi connectivity index (χ1n) is 9.16. The van der Waals surface area contributed by atoms with Crippen LogP contribution in [-0.2, 0) is 20.3 Å². The molecule has 0 aromatic heterocycles. The van der Waals surface area contributed by atoms with Crippen LogP contribution in [0.15, 0.2) is 39.7 Å². The molecule has 30 heavy (non-hydrogen) atoms. The molecule has 0 aliphatic carbocycles. The fourth-order valence-electron chi connectivity index (χ4n) is 3.57. The summed E-state index contributed by atoms with van der Waals surface area (Å²) in [6.45, 7) is 0.884. The number of sulfone groups is 1. The lowest BCUT2D eigenvalue weighted by Gasteiger charge is -2.25. The van der Waals surface area contributed by atoms with E-state index in [2.05, 4.69) is 15.9 Å². The van der Waals surface area contributed by atoms with Gasteiger partial charge in [0, 0.05) is 28.7 Å². The maximum Gasteiger partial charge on any atom is 0.258 e. The minimum absolute atomic E-state index is 0.0206. The Bertz CT molecular complexity index is 1080. The fraction of sp³-hybridized carbons (Fsp3) is 0.350. The zero-order valence-corrected chi connectivity index (χ0v) is 19.3. The summed E-state index contributed by atoms with van der Waals surface area (Å²) in [5.74, 6) is -1.91. The number of methoxy groups -OCH3 is 1. The minimum atomic E-state index is -4.03. The van der Waals surface area contributed by atoms with Crippen molar-refractivity contribution in [2.45, 2.75) is 29.5 Å². The molecule has 0 spiro atoms. The van der Waals surface area contributed by atoms with Crippen LogP contribution in [0.4, 0.5) is 0 Å². The summed E-state index contributed by atoms with van der Waals surface area (Å²) >= 11 is 9.32. The second kappa shape index (κ2) is 9.13. The molecule has 2 N–H and O–H groups in total. The number of nitrogens with zero attached hydrogens (tertiary/aromatic N) is 1. The molecule has 162 valence electrons. The van der Waals surface area contributed by atoms with Gasteiger partial charge in [-0.2, -0.15) is 0 Å². The molecular formula is C20H21BrClNO6S. The Kier molecular flexibility index (Phi) is 6.96. The monoisotopic (exact) mass is 517 g/mol. The highest BCUT2D eigenvalue weighted by molar-refractivity contribution is 9.10. The number of rotatable bonds is 6. The van der Waals surface area contributed by atoms with Crippen LogP contribution in [0.5, 0.6) is 11.5 Å². The summed E-state index contributed by atoms with van der Waals surface area (Å²) in [5.41, 5.74) is -0.0816. The number of hydrogen-bond donors (Lipinski definition) is 2. The highest BCUT2D eigenvalue weighted by Gasteiger charge is 2.32. The molecule has 0 bridgehead atoms. The summed E-state index contributed by atoms with van der Waals surface area (Å²) < 4.78 is 31.4. The van der Waals surface area contributed by atoms with Gasteiger partial charge >= 0.3 is 0 Å². The van der Waals surface area contributed by atoms with Gasteiger partial charge in [-0.05, 0) is 43.2 Å². The number of carbonyl (C=O) groups is 1. The molecule has 1 fully saturated rings. The number of phenols is 2. The second-order valence-corrected chi connectivity index (χ2v) is 10.4. The van der Waals surface area contributed by atoms with E-state index in [1.807, 2.05) is 0 Å². The van der Waals surface area contributed by atoms with Crippen LogP contribution < -0.4 is 0 Å². The first-order chi connectivity index (χ1) is 14.1. The highest BCUT2D eigenvalue weighted by Crippen LogP contribution is 2.35. The molecule has 10 heteroatoms. The molecule has 1 amide bonds. The molecule has 0 unspecified atom stereocenters. The van der Waals surface area contributed by atoms with Gasteiger partial charge in [-0.25, -0.2) is 8.42 Å². The van der Waals surface area contributed by atoms with Gasteiger partial charge < -0.3 is 19.8 Å². The predicted molar refractivity (Wildman–Crippen MR) is 116 cm³/mol. The Morgan fingerprint density at radius 1 is 1.30 bits per heavy atom. The molecule has 2 aromatic carbocycles. The van der Waals surface area contributed by atoms with Crippen molar-refractivity contribution in [3.8, 4) is 11.5 Å². The van der Waals surface area contributed by atoms with Crippen molar-refractivity contribution in [1.82, 2.24) is 4.90 Å². The van der Waals surface area contributed by atoms with Crippen LogP contribution >= 0.6 is 27.5 Å². The van der Waals surface area contributed by atoms with Gasteiger partial charge in [0.15, 0.2) is 9.84 Å². The molecule has 1 heterocycles. The molecule has 0 saturated carbocycles. The van der Waals surface area contributed by atoms with Crippen molar-refractivity contribution in [2.24, 2.45) is 0 Å². The number of amides is 1. The fourth-order valence-corrected chi connectivity index (χ4v) is 5.80. The minimum Gasteiger partial charge on any atom is -0.507 e. The Labute approximate surface area is 188 Å². The molecule has 0 radical (unpaired) electrons. The Morgan fingerprint density at radius 2 is 2.03 bits per heavy atom. The average molecular weight is 519 g/mol. The first-order valence-corrected chi connectivity index (χ1v) is 12.0. The lowest BCUT2D eigenvalue weighted by molar-refractivity contribution is 0.0627. The number of benzene rings is 2. The summed E-state index contributed by atoms with van der Waals surface area (Å²) in [6.07, 6.45) is 1.59. The summed E-state index contributed by atoms with van der Waals surface area (Å²) in [6, 6.07) is 6.55. The normalized spacial score (nSPS) is 16.8. The van der Waals surface area contributed by atoms with Gasteiger partial charge in [0.1, 0.15) is 16.4 Å². The van der Waals surface area contributed by atoms with E-state index in [0.29, 0.717) is 17.6 Å². The van der Waals surface area contributed by atoms with E-state index in [1.54, 1.807) is 12.0 Å². The molecule has 1 atom stereocenters. The van der Waals surface area contributed by atoms with Crippen LogP contribution in [-0.4, -0.2) is 55.7 Å². The Balaban J connectivity index is 1.97. The van der Waals surface area contributed by atoms with Crippen molar-refractivity contribution >= 4 is 43.3 Å². The zero-order valence-electron chi connectivity index (χ0n) is 16.1. The third kappa shape index (κ3) is 4.74. The molecule has 7 nitrogen and oxygen atoms in total. The predicted octanol–water partition coefficient (Wildman–Crippen LogP) is 3.74. The van der Waals surface area contributed by atoms with E-state index in [1.165, 1.54) is 30.3 Å². The number of halogens is 2. The van der Waals surface area contributed by atoms with E-state index in [0.717, 1.165) is 12.8 Å². The van der Waals surface area contributed by atoms with E-state index in [-0.39, 0.29) is 27.1 Å². The second-order valence-electron chi connectivity index (χ2n) is 7.08. The largest absolute Gasteiger partial charge is 0.507 e. The highest BCUT2D eigenvalue weighted by atomic mass is 79.9. The van der Waals surface area contributed by atoms with Crippen molar-refractivity contribution in [3.63, 3.8) is 0 Å². The number of phenolic OH excluding ortho intramolecular Hbond substituents is 2. The molecule has 3 rings (SSSR count). The lowest BCUT2D eigenvalue weighted by Crippen LogP contribution is -2.38. The van der Waals surface area contributed by atoms with Crippen LogP contribution in [0.3, 0.4) is 0 Å². The number of carbonyl (C=O) groups excluding carboxylic acids is 1. The van der Waals surface area contributed by atoms with E-state index >= 15 is 0 Å². The van der Waals surface area contributed by atoms with Gasteiger partial charge in [-0.1, -0.05) is 27.5 Å². The number of ether oxygens (including phenoxy) is 1. The summed E-state index contributed by atoms with van der Waals surface area (Å²) in [4.78, 5) is 14.4. The topological polar surface area (TPSA) is 104 Å². The first kappa shape index (κ1) is 22.9. The van der Waals surface area contributed by atoms with Crippen molar-refractivity contribution < 1.29 is 28.2 Å². The molecule has 1 saturated heterocycles. The van der Waals surface area contributed by atoms with Crippen molar-refractivity contribution in [1.29, 1.82) is 0 Å². The maximum atomic E-state index is 13.0. The lowest BCUT2D eigenvalue weighted by atomic mass is 10.1. The quantitative estimate of drug-likeness (QED) is 0.604. The third-order valence-corrected chi connectivity index (χ3v) is 7.38. The van der Waals surface area contributed by atoms with Gasteiger partial charge in [-0.3, -0.25) is 4.79 Å². The summed E-state index contributed by atoms with van der Waals surface area (Å²) in [5, 5.41) is 20.8. The Hall–Kier alpha value is -1.81. The van der Waals surface area contributed by atoms with Gasteiger partial charge in [0.25, 0.3) is 5.91 Å². The van der Waals surface area contributed by atoms with Gasteiger partial charge in [0.05, 0.1) is 24.0 Å². The van der Waals surface area contributed by atoms with Crippen LogP contribution in [0, 0.1) is 0 Å². The number of likely N-dealkylation sites (tertiary alicyclic amines) is 1. The number of hydrogen-bond acceptors (Lipinski definition) is 6. The van der Waals surface area contributed by atoms with Crippen LogP contribution in [0.25, 0.3) is 0 Å². The number of aromatic hydroxyl groups is 2. The van der Waals surface area contributed by atoms with E-state index in [9.17, 15) is 23.4 Å². The van der Waals surface area contributed by atoms with Crippen LogP contribution in [0.2, 0.25) is 5.02 Å². The van der Waals surface area contributed by atoms with E-state index in [4.69, 9.17) is 16.3 Å². The van der Waals surface area contributed by atoms with Gasteiger partial charge in [0.2, 0.25) is 0 Å². The molecular weight excluding hydrogens is 498 g/mol. The molecule has 2 aromatic rings. The maximum absolute atomic E-state index is 13.0.